The SMILES string of the molecule is Cl.O=C(O)[C@@H](Cc1cccc(-c2cnn(C3CCCCC3)c2)c1)[C@H]1CCNC1. The number of aliphatic carboxylic acids is 1. The average Bonchev–Trinajstić information content (AvgIpc) is 3.39. The predicted octanol–water partition coefficient (Wildman–Crippen LogP) is 4.33. The van der Waals surface area contributed by atoms with Crippen molar-refractivity contribution in [1.29, 1.82) is 0 Å². The first kappa shape index (κ1) is 20.9. The van der Waals surface area contributed by atoms with Crippen LogP contribution in [0, 0.1) is 11.8 Å². The van der Waals surface area contributed by atoms with Gasteiger partial charge in [0.1, 0.15) is 0 Å². The summed E-state index contributed by atoms with van der Waals surface area (Å²) in [4.78, 5) is 11.8. The van der Waals surface area contributed by atoms with Crippen molar-refractivity contribution >= 4 is 18.4 Å². The third-order valence-electron chi connectivity index (χ3n) is 6.25. The van der Waals surface area contributed by atoms with E-state index in [2.05, 4.69) is 33.4 Å². The van der Waals surface area contributed by atoms with Crippen LogP contribution in [-0.2, 0) is 11.2 Å². The van der Waals surface area contributed by atoms with Crippen molar-refractivity contribution in [2.75, 3.05) is 13.1 Å². The molecule has 1 aliphatic carbocycles. The zero-order valence-electron chi connectivity index (χ0n) is 16.2. The van der Waals surface area contributed by atoms with Gasteiger partial charge in [0.25, 0.3) is 0 Å². The minimum Gasteiger partial charge on any atom is -0.481 e. The van der Waals surface area contributed by atoms with E-state index >= 15 is 0 Å². The summed E-state index contributed by atoms with van der Waals surface area (Å²) < 4.78 is 2.13. The first-order valence-corrected chi connectivity index (χ1v) is 10.3. The van der Waals surface area contributed by atoms with E-state index in [1.54, 1.807) is 0 Å². The van der Waals surface area contributed by atoms with Crippen molar-refractivity contribution in [1.82, 2.24) is 15.1 Å². The van der Waals surface area contributed by atoms with Gasteiger partial charge in [-0.25, -0.2) is 0 Å². The van der Waals surface area contributed by atoms with Gasteiger partial charge in [0, 0.05) is 11.8 Å². The normalized spacial score (nSPS) is 21.2. The summed E-state index contributed by atoms with van der Waals surface area (Å²) >= 11 is 0. The van der Waals surface area contributed by atoms with Gasteiger partial charge in [-0.3, -0.25) is 9.48 Å². The second kappa shape index (κ2) is 9.57. The Morgan fingerprint density at radius 2 is 2.04 bits per heavy atom. The van der Waals surface area contributed by atoms with E-state index in [-0.39, 0.29) is 24.2 Å². The van der Waals surface area contributed by atoms with Crippen LogP contribution in [0.5, 0.6) is 0 Å². The van der Waals surface area contributed by atoms with Gasteiger partial charge in [-0.15, -0.1) is 12.4 Å². The molecule has 0 amide bonds. The quantitative estimate of drug-likeness (QED) is 0.753. The summed E-state index contributed by atoms with van der Waals surface area (Å²) in [5, 5.41) is 17.6. The molecule has 2 aliphatic rings. The Morgan fingerprint density at radius 3 is 2.75 bits per heavy atom. The lowest BCUT2D eigenvalue weighted by molar-refractivity contribution is -0.143. The molecular weight excluding hydrogens is 374 g/mol. The molecule has 1 saturated carbocycles. The molecule has 4 rings (SSSR count). The zero-order valence-corrected chi connectivity index (χ0v) is 17.0. The van der Waals surface area contributed by atoms with Crippen LogP contribution in [0.15, 0.2) is 36.7 Å². The standard InChI is InChI=1S/C22H29N3O2.ClH/c26-22(27)21(18-9-10-23-13-18)12-16-5-4-6-17(11-16)19-14-24-25(15-19)20-7-2-1-3-8-20;/h4-6,11,14-15,18,20-21,23H,1-3,7-10,12-13H2,(H,26,27);1H/t18-,21-;/m0./s1. The Kier molecular flexibility index (Phi) is 7.13. The van der Waals surface area contributed by atoms with Crippen molar-refractivity contribution in [2.24, 2.45) is 11.8 Å². The maximum absolute atomic E-state index is 11.8. The van der Waals surface area contributed by atoms with E-state index in [9.17, 15) is 9.90 Å². The summed E-state index contributed by atoms with van der Waals surface area (Å²) in [6.07, 6.45) is 12.0. The fraction of sp³-hybridized carbons (Fsp3) is 0.545. The maximum Gasteiger partial charge on any atom is 0.307 e. The molecule has 2 heterocycles. The van der Waals surface area contributed by atoms with E-state index in [4.69, 9.17) is 0 Å². The third kappa shape index (κ3) is 4.76. The Hall–Kier alpha value is -1.85. The van der Waals surface area contributed by atoms with Gasteiger partial charge in [0.05, 0.1) is 18.2 Å². The van der Waals surface area contributed by atoms with Crippen molar-refractivity contribution in [3.8, 4) is 11.1 Å². The van der Waals surface area contributed by atoms with Gasteiger partial charge in [-0.05, 0) is 55.8 Å². The highest BCUT2D eigenvalue weighted by Gasteiger charge is 2.30. The minimum absolute atomic E-state index is 0. The molecular formula is C22H30ClN3O2. The van der Waals surface area contributed by atoms with Gasteiger partial charge in [-0.2, -0.15) is 5.10 Å². The molecule has 0 bridgehead atoms. The van der Waals surface area contributed by atoms with Crippen LogP contribution >= 0.6 is 12.4 Å². The molecule has 152 valence electrons. The number of halogens is 1. The van der Waals surface area contributed by atoms with Gasteiger partial charge in [-0.1, -0.05) is 43.5 Å². The van der Waals surface area contributed by atoms with E-state index < -0.39 is 5.97 Å². The number of carbonyl (C=O) groups is 1. The fourth-order valence-corrected chi connectivity index (χ4v) is 4.64. The minimum atomic E-state index is -0.681. The van der Waals surface area contributed by atoms with E-state index in [0.717, 1.165) is 36.2 Å². The topological polar surface area (TPSA) is 67.1 Å². The van der Waals surface area contributed by atoms with Gasteiger partial charge in [0.2, 0.25) is 0 Å². The maximum atomic E-state index is 11.8. The monoisotopic (exact) mass is 403 g/mol. The highest BCUT2D eigenvalue weighted by atomic mass is 35.5. The molecule has 1 aromatic carbocycles. The highest BCUT2D eigenvalue weighted by Crippen LogP contribution is 2.30. The van der Waals surface area contributed by atoms with Crippen LogP contribution in [0.3, 0.4) is 0 Å². The van der Waals surface area contributed by atoms with E-state index in [0.29, 0.717) is 12.5 Å². The second-order valence-corrected chi connectivity index (χ2v) is 8.10. The summed E-state index contributed by atoms with van der Waals surface area (Å²) in [5.74, 6) is -0.778. The largest absolute Gasteiger partial charge is 0.481 e. The number of hydrogen-bond acceptors (Lipinski definition) is 3. The summed E-state index contributed by atoms with van der Waals surface area (Å²) in [5.41, 5.74) is 3.34. The van der Waals surface area contributed by atoms with Crippen LogP contribution in [0.25, 0.3) is 11.1 Å². The number of nitrogens with zero attached hydrogens (tertiary/aromatic N) is 2. The van der Waals surface area contributed by atoms with Crippen LogP contribution < -0.4 is 5.32 Å². The summed E-state index contributed by atoms with van der Waals surface area (Å²) in [6.45, 7) is 1.74. The lowest BCUT2D eigenvalue weighted by atomic mass is 9.85. The molecule has 2 N–H and O–H groups in total. The predicted molar refractivity (Wildman–Crippen MR) is 113 cm³/mol. The van der Waals surface area contributed by atoms with Gasteiger partial charge in [0.15, 0.2) is 0 Å². The number of carboxylic acid groups (broad SMARTS) is 1. The molecule has 2 aromatic rings. The summed E-state index contributed by atoms with van der Waals surface area (Å²) in [6, 6.07) is 8.85. The van der Waals surface area contributed by atoms with E-state index in [1.165, 1.54) is 32.1 Å². The number of benzene rings is 1. The molecule has 6 heteroatoms. The number of rotatable bonds is 6. The van der Waals surface area contributed by atoms with Crippen LogP contribution in [0.4, 0.5) is 0 Å². The molecule has 0 spiro atoms. The fourth-order valence-electron chi connectivity index (χ4n) is 4.64. The average molecular weight is 404 g/mol. The Balaban J connectivity index is 0.00000225. The van der Waals surface area contributed by atoms with Crippen molar-refractivity contribution < 1.29 is 9.90 Å². The van der Waals surface area contributed by atoms with Crippen LogP contribution in [0.1, 0.15) is 50.1 Å². The lowest BCUT2D eigenvalue weighted by Gasteiger charge is -2.21. The second-order valence-electron chi connectivity index (χ2n) is 8.10. The van der Waals surface area contributed by atoms with E-state index in [1.807, 2.05) is 18.3 Å². The molecule has 1 aromatic heterocycles. The molecule has 2 fully saturated rings. The molecule has 1 aliphatic heterocycles. The number of hydrogen-bond donors (Lipinski definition) is 2. The lowest BCUT2D eigenvalue weighted by Crippen LogP contribution is -2.27. The van der Waals surface area contributed by atoms with Crippen molar-refractivity contribution in [3.05, 3.63) is 42.2 Å². The molecule has 0 radical (unpaired) electrons. The van der Waals surface area contributed by atoms with Crippen molar-refractivity contribution in [3.63, 3.8) is 0 Å². The Labute approximate surface area is 172 Å². The molecule has 28 heavy (non-hydrogen) atoms. The Morgan fingerprint density at radius 1 is 1.21 bits per heavy atom. The van der Waals surface area contributed by atoms with Crippen molar-refractivity contribution in [2.45, 2.75) is 51.0 Å². The molecule has 0 unspecified atom stereocenters. The highest BCUT2D eigenvalue weighted by molar-refractivity contribution is 5.85. The molecule has 5 nitrogen and oxygen atoms in total. The molecule has 2 atom stereocenters. The molecule has 1 saturated heterocycles. The number of carboxylic acids is 1. The first-order chi connectivity index (χ1) is 13.2. The third-order valence-corrected chi connectivity index (χ3v) is 6.25. The zero-order chi connectivity index (χ0) is 18.6. The number of nitrogens with one attached hydrogen (secondary N) is 1. The van der Waals surface area contributed by atoms with Crippen LogP contribution in [0.2, 0.25) is 0 Å². The van der Waals surface area contributed by atoms with Gasteiger partial charge < -0.3 is 10.4 Å². The van der Waals surface area contributed by atoms with Crippen LogP contribution in [-0.4, -0.2) is 33.9 Å². The first-order valence-electron chi connectivity index (χ1n) is 10.3. The van der Waals surface area contributed by atoms with Gasteiger partial charge >= 0.3 is 5.97 Å². The number of aromatic nitrogens is 2. The smallest absolute Gasteiger partial charge is 0.307 e. The Bertz CT molecular complexity index is 780. The summed E-state index contributed by atoms with van der Waals surface area (Å²) in [7, 11) is 0.